The van der Waals surface area contributed by atoms with Crippen LogP contribution in [-0.4, -0.2) is 67.8 Å². The highest BCUT2D eigenvalue weighted by Crippen LogP contribution is 2.32. The predicted molar refractivity (Wildman–Crippen MR) is 115 cm³/mol. The lowest BCUT2D eigenvalue weighted by Gasteiger charge is -2.27. The molecule has 0 aliphatic carbocycles. The van der Waals surface area contributed by atoms with Crippen LogP contribution < -0.4 is 15.8 Å². The molecule has 2 saturated heterocycles. The fourth-order valence-corrected chi connectivity index (χ4v) is 5.19. The molecule has 1 amide bonds. The molecular weight excluding hydrogens is 422 g/mol. The first kappa shape index (κ1) is 21.5. The third kappa shape index (κ3) is 4.48. The molecule has 166 valence electrons. The third-order valence-corrected chi connectivity index (χ3v) is 7.36. The molecule has 0 spiro atoms. The second-order valence-corrected chi connectivity index (χ2v) is 9.46. The van der Waals surface area contributed by atoms with E-state index in [1.54, 1.807) is 12.1 Å². The summed E-state index contributed by atoms with van der Waals surface area (Å²) in [5, 5.41) is 6.78. The zero-order valence-electron chi connectivity index (χ0n) is 17.3. The van der Waals surface area contributed by atoms with Gasteiger partial charge in [0.2, 0.25) is 10.0 Å². The minimum Gasteiger partial charge on any atom is -0.379 e. The van der Waals surface area contributed by atoms with Gasteiger partial charge in [0.15, 0.2) is 0 Å². The minimum absolute atomic E-state index is 0.0657. The first-order valence-corrected chi connectivity index (χ1v) is 11.6. The Bertz CT molecular complexity index is 1130. The number of nitrogens with one attached hydrogen (secondary N) is 1. The number of aromatic nitrogens is 2. The summed E-state index contributed by atoms with van der Waals surface area (Å²) >= 11 is 0. The highest BCUT2D eigenvalue weighted by Gasteiger charge is 2.28. The lowest BCUT2D eigenvalue weighted by Crippen LogP contribution is -2.40. The fourth-order valence-electron chi connectivity index (χ4n) is 3.76. The fraction of sp³-hybridized carbons (Fsp3) is 0.450. The van der Waals surface area contributed by atoms with E-state index in [1.807, 2.05) is 0 Å². The van der Waals surface area contributed by atoms with Crippen molar-refractivity contribution in [1.29, 1.82) is 0 Å². The molecule has 1 aromatic carbocycles. The molecule has 0 radical (unpaired) electrons. The Balaban J connectivity index is 1.69. The van der Waals surface area contributed by atoms with Crippen LogP contribution in [0.15, 0.2) is 40.0 Å². The Hall–Kier alpha value is -2.76. The molecule has 31 heavy (non-hydrogen) atoms. The number of nitrogens with zero attached hydrogens (tertiary/aromatic N) is 4. The van der Waals surface area contributed by atoms with Gasteiger partial charge in [-0.05, 0) is 37.1 Å². The van der Waals surface area contributed by atoms with Gasteiger partial charge in [-0.25, -0.2) is 13.1 Å². The largest absolute Gasteiger partial charge is 0.379 e. The van der Waals surface area contributed by atoms with Crippen molar-refractivity contribution in [3.8, 4) is 0 Å². The number of carbonyl (C=O) groups excluding carboxylic acids is 1. The number of hydrogen-bond acceptors (Lipinski definition) is 7. The quantitative estimate of drug-likeness (QED) is 0.716. The van der Waals surface area contributed by atoms with Crippen molar-refractivity contribution in [3.05, 3.63) is 46.4 Å². The Labute approximate surface area is 180 Å². The van der Waals surface area contributed by atoms with Gasteiger partial charge in [0.05, 0.1) is 29.5 Å². The summed E-state index contributed by atoms with van der Waals surface area (Å²) in [5.74, 6) is -0.517. The Morgan fingerprint density at radius 2 is 1.77 bits per heavy atom. The monoisotopic (exact) mass is 447 g/mol. The van der Waals surface area contributed by atoms with Gasteiger partial charge in [0.1, 0.15) is 5.69 Å². The molecule has 2 fully saturated rings. The standard InChI is InChI=1S/C20H25N5O5S/c1-23-19(26)7-5-16(22-23)20(27)21-17-14-15(4-6-18(17)24-8-2-3-9-24)31(28,29)25-10-12-30-13-11-25/h4-7,14H,2-3,8-13H2,1H3,(H,21,27). The molecule has 11 heteroatoms. The van der Waals surface area contributed by atoms with Crippen LogP contribution in [-0.2, 0) is 21.8 Å². The van der Waals surface area contributed by atoms with Gasteiger partial charge in [-0.3, -0.25) is 9.59 Å². The van der Waals surface area contributed by atoms with E-state index in [4.69, 9.17) is 4.74 Å². The first-order valence-electron chi connectivity index (χ1n) is 10.2. The lowest BCUT2D eigenvalue weighted by molar-refractivity contribution is 0.0730. The maximum absolute atomic E-state index is 13.1. The van der Waals surface area contributed by atoms with Gasteiger partial charge in [0, 0.05) is 39.3 Å². The summed E-state index contributed by atoms with van der Waals surface area (Å²) in [6.45, 7) is 2.95. The van der Waals surface area contributed by atoms with E-state index in [1.165, 1.54) is 29.6 Å². The van der Waals surface area contributed by atoms with E-state index in [0.29, 0.717) is 32.0 Å². The molecule has 0 saturated carbocycles. The number of carbonyl (C=O) groups is 1. The van der Waals surface area contributed by atoms with Crippen molar-refractivity contribution in [2.75, 3.05) is 49.6 Å². The minimum atomic E-state index is -3.72. The summed E-state index contributed by atoms with van der Waals surface area (Å²) in [7, 11) is -2.25. The van der Waals surface area contributed by atoms with E-state index < -0.39 is 15.9 Å². The third-order valence-electron chi connectivity index (χ3n) is 5.46. The Morgan fingerprint density at radius 3 is 2.45 bits per heavy atom. The molecule has 1 aromatic heterocycles. The van der Waals surface area contributed by atoms with Crippen LogP contribution in [0.3, 0.4) is 0 Å². The van der Waals surface area contributed by atoms with Gasteiger partial charge in [-0.2, -0.15) is 9.40 Å². The highest BCUT2D eigenvalue weighted by atomic mass is 32.2. The number of sulfonamides is 1. The number of rotatable bonds is 5. The molecule has 3 heterocycles. The number of morpholine rings is 1. The predicted octanol–water partition coefficient (Wildman–Crippen LogP) is 0.654. The van der Waals surface area contributed by atoms with E-state index in [0.717, 1.165) is 36.3 Å². The number of amides is 1. The zero-order valence-corrected chi connectivity index (χ0v) is 18.1. The molecule has 0 atom stereocenters. The van der Waals surface area contributed by atoms with Crippen LogP contribution in [0.4, 0.5) is 11.4 Å². The molecule has 2 aliphatic heterocycles. The number of anilines is 2. The summed E-state index contributed by atoms with van der Waals surface area (Å²) in [4.78, 5) is 26.6. The molecule has 10 nitrogen and oxygen atoms in total. The van der Waals surface area contributed by atoms with Crippen molar-refractivity contribution in [2.24, 2.45) is 7.05 Å². The van der Waals surface area contributed by atoms with Crippen LogP contribution in [0, 0.1) is 0 Å². The van der Waals surface area contributed by atoms with E-state index in [2.05, 4.69) is 15.3 Å². The summed E-state index contributed by atoms with van der Waals surface area (Å²) in [6.07, 6.45) is 2.06. The maximum Gasteiger partial charge on any atom is 0.276 e. The van der Waals surface area contributed by atoms with Gasteiger partial charge < -0.3 is 15.0 Å². The average Bonchev–Trinajstić information content (AvgIpc) is 3.31. The zero-order chi connectivity index (χ0) is 22.0. The smallest absolute Gasteiger partial charge is 0.276 e. The number of benzene rings is 1. The highest BCUT2D eigenvalue weighted by molar-refractivity contribution is 7.89. The summed E-state index contributed by atoms with van der Waals surface area (Å²) in [6, 6.07) is 7.43. The van der Waals surface area contributed by atoms with Gasteiger partial charge in [-0.1, -0.05) is 0 Å². The lowest BCUT2D eigenvalue weighted by atomic mass is 10.2. The van der Waals surface area contributed by atoms with Crippen molar-refractivity contribution in [2.45, 2.75) is 17.7 Å². The van der Waals surface area contributed by atoms with E-state index in [9.17, 15) is 18.0 Å². The second-order valence-electron chi connectivity index (χ2n) is 7.52. The topological polar surface area (TPSA) is 114 Å². The van der Waals surface area contributed by atoms with Gasteiger partial charge in [-0.15, -0.1) is 0 Å². The van der Waals surface area contributed by atoms with E-state index in [-0.39, 0.29) is 16.1 Å². The van der Waals surface area contributed by atoms with Crippen molar-refractivity contribution in [1.82, 2.24) is 14.1 Å². The van der Waals surface area contributed by atoms with Crippen molar-refractivity contribution >= 4 is 27.3 Å². The van der Waals surface area contributed by atoms with Crippen LogP contribution in [0.25, 0.3) is 0 Å². The molecule has 0 bridgehead atoms. The number of ether oxygens (including phenoxy) is 1. The summed E-state index contributed by atoms with van der Waals surface area (Å²) < 4.78 is 33.9. The first-order chi connectivity index (χ1) is 14.9. The summed E-state index contributed by atoms with van der Waals surface area (Å²) in [5.41, 5.74) is 0.900. The molecule has 2 aliphatic rings. The SMILES string of the molecule is Cn1nc(C(=O)Nc2cc(S(=O)(=O)N3CCOCC3)ccc2N2CCCC2)ccc1=O. The Morgan fingerprint density at radius 1 is 1.06 bits per heavy atom. The second kappa shape index (κ2) is 8.77. The normalized spacial score (nSPS) is 17.6. The average molecular weight is 448 g/mol. The van der Waals surface area contributed by atoms with Crippen LogP contribution in [0.2, 0.25) is 0 Å². The van der Waals surface area contributed by atoms with Crippen molar-refractivity contribution < 1.29 is 17.9 Å². The van der Waals surface area contributed by atoms with Gasteiger partial charge in [0.25, 0.3) is 11.5 Å². The van der Waals surface area contributed by atoms with Crippen LogP contribution >= 0.6 is 0 Å². The number of hydrogen-bond donors (Lipinski definition) is 1. The molecule has 0 unspecified atom stereocenters. The molecular formula is C20H25N5O5S. The Kier molecular flexibility index (Phi) is 6.08. The molecule has 1 N–H and O–H groups in total. The van der Waals surface area contributed by atoms with Crippen LogP contribution in [0.5, 0.6) is 0 Å². The van der Waals surface area contributed by atoms with Crippen molar-refractivity contribution in [3.63, 3.8) is 0 Å². The van der Waals surface area contributed by atoms with Crippen LogP contribution in [0.1, 0.15) is 23.3 Å². The van der Waals surface area contributed by atoms with E-state index >= 15 is 0 Å². The number of aryl methyl sites for hydroxylation is 1. The van der Waals surface area contributed by atoms with Gasteiger partial charge >= 0.3 is 0 Å². The molecule has 2 aromatic rings. The molecule has 4 rings (SSSR count). The maximum atomic E-state index is 13.1.